The number of unbranched alkanes of at least 4 members (excludes halogenated alkanes) is 1. The maximum Gasteiger partial charge on any atom is 0.0529 e. The van der Waals surface area contributed by atoms with E-state index in [-0.39, 0.29) is 0 Å². The van der Waals surface area contributed by atoms with Crippen LogP contribution in [-0.4, -0.2) is 11.0 Å². The van der Waals surface area contributed by atoms with Gasteiger partial charge in [-0.05, 0) is 31.9 Å². The van der Waals surface area contributed by atoms with Crippen molar-refractivity contribution < 1.29 is 0 Å². The Morgan fingerprint density at radius 3 is 2.67 bits per heavy atom. The van der Waals surface area contributed by atoms with Gasteiger partial charge in [0.25, 0.3) is 0 Å². The first-order valence-corrected chi connectivity index (χ1v) is 5.95. The summed E-state index contributed by atoms with van der Waals surface area (Å²) in [7, 11) is 0. The van der Waals surface area contributed by atoms with Crippen LogP contribution in [0.15, 0.2) is 18.3 Å². The summed E-state index contributed by atoms with van der Waals surface area (Å²) in [5.74, 6) is 0. The minimum Gasteiger partial charge on any atom is -0.381 e. The number of nitrogens with one attached hydrogen (secondary N) is 1. The van der Waals surface area contributed by atoms with Crippen LogP contribution in [0.1, 0.15) is 45.2 Å². The molecule has 0 aliphatic rings. The fraction of sp³-hybridized carbons (Fsp3) is 0.615. The number of aryl methyl sites for hydroxylation is 1. The number of anilines is 1. The van der Waals surface area contributed by atoms with Crippen molar-refractivity contribution in [1.29, 1.82) is 0 Å². The second kappa shape index (κ2) is 6.44. The van der Waals surface area contributed by atoms with Gasteiger partial charge in [0.05, 0.1) is 11.9 Å². The molecule has 1 heterocycles. The molecule has 0 aromatic carbocycles. The summed E-state index contributed by atoms with van der Waals surface area (Å²) in [5, 5.41) is 3.53. The van der Waals surface area contributed by atoms with E-state index in [0.29, 0.717) is 6.04 Å². The van der Waals surface area contributed by atoms with Gasteiger partial charge in [-0.3, -0.25) is 4.98 Å². The summed E-state index contributed by atoms with van der Waals surface area (Å²) < 4.78 is 0. The molecule has 2 heteroatoms. The van der Waals surface area contributed by atoms with Crippen molar-refractivity contribution in [2.45, 2.75) is 52.5 Å². The SMILES string of the molecule is CCCCC(CC)Nc1ccc(C)nc1. The van der Waals surface area contributed by atoms with Gasteiger partial charge >= 0.3 is 0 Å². The van der Waals surface area contributed by atoms with Crippen molar-refractivity contribution in [3.63, 3.8) is 0 Å². The molecular weight excluding hydrogens is 184 g/mol. The van der Waals surface area contributed by atoms with Crippen molar-refractivity contribution in [2.75, 3.05) is 5.32 Å². The van der Waals surface area contributed by atoms with Crippen LogP contribution >= 0.6 is 0 Å². The molecule has 1 N–H and O–H groups in total. The summed E-state index contributed by atoms with van der Waals surface area (Å²) >= 11 is 0. The zero-order valence-electron chi connectivity index (χ0n) is 10.1. The predicted octanol–water partition coefficient (Wildman–Crippen LogP) is 3.77. The highest BCUT2D eigenvalue weighted by atomic mass is 14.9. The minimum absolute atomic E-state index is 0.592. The molecule has 0 saturated heterocycles. The summed E-state index contributed by atoms with van der Waals surface area (Å²) in [5.41, 5.74) is 2.21. The average molecular weight is 206 g/mol. The quantitative estimate of drug-likeness (QED) is 0.766. The minimum atomic E-state index is 0.592. The fourth-order valence-corrected chi connectivity index (χ4v) is 1.62. The molecule has 0 spiro atoms. The van der Waals surface area contributed by atoms with Crippen molar-refractivity contribution >= 4 is 5.69 Å². The van der Waals surface area contributed by atoms with E-state index in [0.717, 1.165) is 11.4 Å². The highest BCUT2D eigenvalue weighted by Gasteiger charge is 2.04. The van der Waals surface area contributed by atoms with Gasteiger partial charge in [0.1, 0.15) is 0 Å². The Kier molecular flexibility index (Phi) is 5.16. The van der Waals surface area contributed by atoms with Crippen molar-refractivity contribution in [2.24, 2.45) is 0 Å². The van der Waals surface area contributed by atoms with Gasteiger partial charge in [-0.25, -0.2) is 0 Å². The van der Waals surface area contributed by atoms with Crippen molar-refractivity contribution in [3.05, 3.63) is 24.0 Å². The van der Waals surface area contributed by atoms with Gasteiger partial charge in [0, 0.05) is 11.7 Å². The van der Waals surface area contributed by atoms with Crippen LogP contribution in [0, 0.1) is 6.92 Å². The first kappa shape index (κ1) is 12.0. The van der Waals surface area contributed by atoms with E-state index in [1.807, 2.05) is 13.1 Å². The molecule has 1 atom stereocenters. The highest BCUT2D eigenvalue weighted by molar-refractivity contribution is 5.41. The van der Waals surface area contributed by atoms with E-state index in [2.05, 4.69) is 36.3 Å². The van der Waals surface area contributed by atoms with Crippen LogP contribution in [0.2, 0.25) is 0 Å². The number of hydrogen-bond donors (Lipinski definition) is 1. The zero-order chi connectivity index (χ0) is 11.1. The topological polar surface area (TPSA) is 24.9 Å². The van der Waals surface area contributed by atoms with Crippen molar-refractivity contribution in [3.8, 4) is 0 Å². The Bertz CT molecular complexity index is 266. The average Bonchev–Trinajstić information content (AvgIpc) is 2.27. The summed E-state index contributed by atoms with van der Waals surface area (Å²) in [6.45, 7) is 6.48. The third-order valence-corrected chi connectivity index (χ3v) is 2.68. The van der Waals surface area contributed by atoms with Gasteiger partial charge in [-0.2, -0.15) is 0 Å². The predicted molar refractivity (Wildman–Crippen MR) is 66.2 cm³/mol. The lowest BCUT2D eigenvalue weighted by atomic mass is 10.1. The van der Waals surface area contributed by atoms with Crippen LogP contribution in [0.5, 0.6) is 0 Å². The Balaban J connectivity index is 2.47. The van der Waals surface area contributed by atoms with Gasteiger partial charge in [0.15, 0.2) is 0 Å². The Morgan fingerprint density at radius 1 is 1.33 bits per heavy atom. The largest absolute Gasteiger partial charge is 0.381 e. The molecule has 0 bridgehead atoms. The first-order valence-electron chi connectivity index (χ1n) is 5.95. The molecule has 0 saturated carbocycles. The molecule has 0 amide bonds. The molecular formula is C13H22N2. The molecule has 0 fully saturated rings. The lowest BCUT2D eigenvalue weighted by Gasteiger charge is -2.17. The third kappa shape index (κ3) is 4.32. The maximum absolute atomic E-state index is 4.28. The molecule has 1 aromatic heterocycles. The molecule has 15 heavy (non-hydrogen) atoms. The summed E-state index contributed by atoms with van der Waals surface area (Å²) in [4.78, 5) is 4.28. The van der Waals surface area contributed by atoms with E-state index in [9.17, 15) is 0 Å². The van der Waals surface area contributed by atoms with E-state index in [1.54, 1.807) is 0 Å². The molecule has 0 aliphatic heterocycles. The van der Waals surface area contributed by atoms with Crippen LogP contribution in [0.3, 0.4) is 0 Å². The first-order chi connectivity index (χ1) is 7.26. The summed E-state index contributed by atoms with van der Waals surface area (Å²) in [6.07, 6.45) is 6.91. The molecule has 0 aliphatic carbocycles. The Labute approximate surface area is 93.1 Å². The summed E-state index contributed by atoms with van der Waals surface area (Å²) in [6, 6.07) is 4.75. The number of pyridine rings is 1. The highest BCUT2D eigenvalue weighted by Crippen LogP contribution is 2.12. The van der Waals surface area contributed by atoms with Crippen LogP contribution in [0.4, 0.5) is 5.69 Å². The van der Waals surface area contributed by atoms with Crippen LogP contribution < -0.4 is 5.32 Å². The van der Waals surface area contributed by atoms with E-state index in [4.69, 9.17) is 0 Å². The van der Waals surface area contributed by atoms with Gasteiger partial charge in [-0.1, -0.05) is 26.7 Å². The molecule has 1 rings (SSSR count). The van der Waals surface area contributed by atoms with E-state index in [1.165, 1.54) is 25.7 Å². The molecule has 84 valence electrons. The van der Waals surface area contributed by atoms with Gasteiger partial charge < -0.3 is 5.32 Å². The number of aromatic nitrogens is 1. The maximum atomic E-state index is 4.28. The standard InChI is InChI=1S/C13H22N2/c1-4-6-7-12(5-2)15-13-9-8-11(3)14-10-13/h8-10,12,15H,4-7H2,1-3H3. The third-order valence-electron chi connectivity index (χ3n) is 2.68. The monoisotopic (exact) mass is 206 g/mol. The molecule has 1 aromatic rings. The molecule has 2 nitrogen and oxygen atoms in total. The number of hydrogen-bond acceptors (Lipinski definition) is 2. The zero-order valence-corrected chi connectivity index (χ0v) is 10.1. The lowest BCUT2D eigenvalue weighted by molar-refractivity contribution is 0.593. The van der Waals surface area contributed by atoms with Crippen LogP contribution in [0.25, 0.3) is 0 Å². The second-order valence-corrected chi connectivity index (χ2v) is 4.08. The van der Waals surface area contributed by atoms with Crippen molar-refractivity contribution in [1.82, 2.24) is 4.98 Å². The van der Waals surface area contributed by atoms with E-state index >= 15 is 0 Å². The van der Waals surface area contributed by atoms with Gasteiger partial charge in [0.2, 0.25) is 0 Å². The Morgan fingerprint density at radius 2 is 2.13 bits per heavy atom. The van der Waals surface area contributed by atoms with Gasteiger partial charge in [-0.15, -0.1) is 0 Å². The molecule has 0 radical (unpaired) electrons. The number of rotatable bonds is 6. The smallest absolute Gasteiger partial charge is 0.0529 e. The second-order valence-electron chi connectivity index (χ2n) is 4.08. The number of nitrogens with zero attached hydrogens (tertiary/aromatic N) is 1. The van der Waals surface area contributed by atoms with E-state index < -0.39 is 0 Å². The molecule has 1 unspecified atom stereocenters. The lowest BCUT2D eigenvalue weighted by Crippen LogP contribution is -2.18. The normalized spacial score (nSPS) is 12.5. The Hall–Kier alpha value is -1.05. The fourth-order valence-electron chi connectivity index (χ4n) is 1.62. The van der Waals surface area contributed by atoms with Crippen LogP contribution in [-0.2, 0) is 0 Å².